The minimum absolute atomic E-state index is 0. The van der Waals surface area contributed by atoms with Gasteiger partial charge in [-0.15, -0.1) is 0 Å². The molecule has 0 amide bonds. The van der Waals surface area contributed by atoms with E-state index in [1.165, 1.54) is 17.5 Å². The fourth-order valence-corrected chi connectivity index (χ4v) is 8.27. The SMILES string of the molecule is CC(C)(C)CC1=Cc2ccccc2C1[Si](C)(C)NC(C)(C)C.[Cl-].[Cl-].[Ti+4]. The van der Waals surface area contributed by atoms with Crippen LogP contribution in [0.5, 0.6) is 0 Å². The number of fused-ring (bicyclic) bond motifs is 1. The van der Waals surface area contributed by atoms with Gasteiger partial charge in [-0.2, -0.15) is 0 Å². The molecule has 0 spiro atoms. The molecule has 0 bridgehead atoms. The molecule has 1 atom stereocenters. The zero-order valence-corrected chi connectivity index (χ0v) is 21.0. The topological polar surface area (TPSA) is 12.0 Å². The summed E-state index contributed by atoms with van der Waals surface area (Å²) in [5, 5.41) is 0. The summed E-state index contributed by atoms with van der Waals surface area (Å²) in [4.78, 5) is 3.99. The van der Waals surface area contributed by atoms with E-state index >= 15 is 0 Å². The summed E-state index contributed by atoms with van der Waals surface area (Å²) in [6.07, 6.45) is 3.64. The molecule has 0 saturated carbocycles. The number of benzene rings is 1. The van der Waals surface area contributed by atoms with Gasteiger partial charge in [0.25, 0.3) is 0 Å². The molecular formula is C20H33Cl2NSiTi+2. The van der Waals surface area contributed by atoms with Gasteiger partial charge in [-0.1, -0.05) is 69.8 Å². The van der Waals surface area contributed by atoms with E-state index in [9.17, 15) is 0 Å². The van der Waals surface area contributed by atoms with Crippen molar-refractivity contribution in [2.45, 2.75) is 72.1 Å². The average Bonchev–Trinajstić information content (AvgIpc) is 2.60. The molecule has 2 rings (SSSR count). The number of nitrogens with one attached hydrogen (secondary N) is 1. The molecule has 1 aromatic carbocycles. The molecule has 5 heteroatoms. The Labute approximate surface area is 183 Å². The maximum Gasteiger partial charge on any atom is 4.00 e. The minimum Gasteiger partial charge on any atom is -1.00 e. The van der Waals surface area contributed by atoms with Crippen LogP contribution in [0.4, 0.5) is 0 Å². The molecule has 1 aliphatic carbocycles. The molecule has 0 radical (unpaired) electrons. The largest absolute Gasteiger partial charge is 4.00 e. The summed E-state index contributed by atoms with van der Waals surface area (Å²) in [5.41, 5.74) is 5.68. The van der Waals surface area contributed by atoms with Crippen LogP contribution < -0.4 is 29.8 Å². The zero-order chi connectivity index (χ0) is 16.8. The van der Waals surface area contributed by atoms with Crippen LogP contribution in [-0.4, -0.2) is 13.8 Å². The summed E-state index contributed by atoms with van der Waals surface area (Å²) < 4.78 is 0. The summed E-state index contributed by atoms with van der Waals surface area (Å²) in [5.74, 6) is 0. The van der Waals surface area contributed by atoms with Crippen LogP contribution in [0.1, 0.15) is 64.6 Å². The second-order valence-electron chi connectivity index (χ2n) is 9.62. The average molecular weight is 434 g/mol. The summed E-state index contributed by atoms with van der Waals surface area (Å²) >= 11 is 0. The van der Waals surface area contributed by atoms with E-state index in [-0.39, 0.29) is 52.1 Å². The second kappa shape index (κ2) is 9.57. The van der Waals surface area contributed by atoms with E-state index in [1.54, 1.807) is 5.57 Å². The smallest absolute Gasteiger partial charge is 1.00 e. The molecule has 0 saturated heterocycles. The molecule has 138 valence electrons. The van der Waals surface area contributed by atoms with Gasteiger partial charge in [0.15, 0.2) is 0 Å². The molecule has 1 aliphatic rings. The fourth-order valence-electron chi connectivity index (χ4n) is 4.04. The van der Waals surface area contributed by atoms with Crippen molar-refractivity contribution in [1.82, 2.24) is 4.98 Å². The van der Waals surface area contributed by atoms with Crippen molar-refractivity contribution in [2.24, 2.45) is 5.41 Å². The van der Waals surface area contributed by atoms with Gasteiger partial charge >= 0.3 is 21.7 Å². The van der Waals surface area contributed by atoms with Crippen molar-refractivity contribution in [3.8, 4) is 0 Å². The molecule has 0 aliphatic heterocycles. The van der Waals surface area contributed by atoms with Gasteiger partial charge in [0.1, 0.15) is 8.24 Å². The Morgan fingerprint density at radius 3 is 1.96 bits per heavy atom. The summed E-state index contributed by atoms with van der Waals surface area (Å²) in [7, 11) is -1.64. The van der Waals surface area contributed by atoms with E-state index in [0.29, 0.717) is 11.0 Å². The fraction of sp³-hybridized carbons (Fsp3) is 0.600. The van der Waals surface area contributed by atoms with E-state index in [1.807, 2.05) is 0 Å². The van der Waals surface area contributed by atoms with Crippen molar-refractivity contribution in [1.29, 1.82) is 0 Å². The van der Waals surface area contributed by atoms with E-state index in [0.717, 1.165) is 0 Å². The maximum atomic E-state index is 3.99. The Morgan fingerprint density at radius 2 is 1.48 bits per heavy atom. The number of hydrogen-bond acceptors (Lipinski definition) is 1. The van der Waals surface area contributed by atoms with Crippen LogP contribution in [0.15, 0.2) is 29.8 Å². The number of rotatable bonds is 3. The number of hydrogen-bond donors (Lipinski definition) is 1. The van der Waals surface area contributed by atoms with Gasteiger partial charge in [0.05, 0.1) is 0 Å². The van der Waals surface area contributed by atoms with Crippen molar-refractivity contribution >= 4 is 14.3 Å². The van der Waals surface area contributed by atoms with Crippen LogP contribution in [0.25, 0.3) is 6.08 Å². The molecule has 0 fully saturated rings. The molecule has 0 heterocycles. The van der Waals surface area contributed by atoms with E-state index < -0.39 is 8.24 Å². The molecule has 1 nitrogen and oxygen atoms in total. The Kier molecular flexibility index (Phi) is 10.6. The Balaban J connectivity index is 0. The van der Waals surface area contributed by atoms with Crippen LogP contribution in [0.3, 0.4) is 0 Å². The molecule has 1 unspecified atom stereocenters. The van der Waals surface area contributed by atoms with E-state index in [2.05, 4.69) is 90.0 Å². The quantitative estimate of drug-likeness (QED) is 0.647. The number of halogens is 2. The predicted molar refractivity (Wildman–Crippen MR) is 102 cm³/mol. The summed E-state index contributed by atoms with van der Waals surface area (Å²) in [6.45, 7) is 18.9. The maximum absolute atomic E-state index is 3.99. The zero-order valence-electron chi connectivity index (χ0n) is 16.9. The second-order valence-corrected chi connectivity index (χ2v) is 13.9. The van der Waals surface area contributed by atoms with Crippen molar-refractivity contribution in [3.63, 3.8) is 0 Å². The Bertz CT molecular complexity index is 586. The normalized spacial score (nSPS) is 16.8. The third-order valence-corrected chi connectivity index (χ3v) is 7.69. The van der Waals surface area contributed by atoms with Crippen LogP contribution in [0.2, 0.25) is 13.1 Å². The number of allylic oxidation sites excluding steroid dienone is 1. The standard InChI is InChI=1S/C20H33NSi.2ClH.Ti/c1-19(2,3)14-16-13-15-11-9-10-12-17(15)18(16)22(7,8)21-20(4,5)6;;;/h9-13,18,21H,14H2,1-8H3;2*1H;/q;;;+4/p-2. The summed E-state index contributed by atoms with van der Waals surface area (Å²) in [6, 6.07) is 8.98. The first-order chi connectivity index (χ1) is 9.89. The minimum atomic E-state index is -1.64. The Morgan fingerprint density at radius 1 is 0.960 bits per heavy atom. The molecule has 1 N–H and O–H groups in total. The van der Waals surface area contributed by atoms with Crippen molar-refractivity contribution < 1.29 is 46.5 Å². The first-order valence-corrected chi connectivity index (χ1v) is 11.6. The van der Waals surface area contributed by atoms with Gasteiger partial charge in [0.2, 0.25) is 0 Å². The van der Waals surface area contributed by atoms with Crippen LogP contribution >= 0.6 is 0 Å². The van der Waals surface area contributed by atoms with E-state index in [4.69, 9.17) is 0 Å². The molecular weight excluding hydrogens is 401 g/mol. The Hall–Kier alpha value is 0.431. The third-order valence-electron chi connectivity index (χ3n) is 4.17. The van der Waals surface area contributed by atoms with Gasteiger partial charge in [-0.05, 0) is 43.7 Å². The monoisotopic (exact) mass is 433 g/mol. The van der Waals surface area contributed by atoms with Crippen molar-refractivity contribution in [2.75, 3.05) is 0 Å². The first-order valence-electron chi connectivity index (χ1n) is 8.48. The molecule has 0 aromatic heterocycles. The molecule has 1 aromatic rings. The first kappa shape index (κ1) is 27.6. The van der Waals surface area contributed by atoms with Crippen molar-refractivity contribution in [3.05, 3.63) is 41.0 Å². The predicted octanol–water partition coefficient (Wildman–Crippen LogP) is -0.259. The van der Waals surface area contributed by atoms with Crippen LogP contribution in [0, 0.1) is 5.41 Å². The van der Waals surface area contributed by atoms with Gasteiger partial charge in [-0.25, -0.2) is 0 Å². The van der Waals surface area contributed by atoms with Crippen LogP contribution in [-0.2, 0) is 21.7 Å². The molecule has 25 heavy (non-hydrogen) atoms. The van der Waals surface area contributed by atoms with Gasteiger partial charge < -0.3 is 29.8 Å². The van der Waals surface area contributed by atoms with Gasteiger partial charge in [0, 0.05) is 11.1 Å². The van der Waals surface area contributed by atoms with Gasteiger partial charge in [-0.3, -0.25) is 0 Å². The third kappa shape index (κ3) is 7.52.